The first kappa shape index (κ1) is 21.9. The molecule has 0 saturated carbocycles. The molecule has 1 aliphatic heterocycles. The lowest BCUT2D eigenvalue weighted by molar-refractivity contribution is -0.117. The highest BCUT2D eigenvalue weighted by Crippen LogP contribution is 2.24. The third-order valence-corrected chi connectivity index (χ3v) is 5.82. The third kappa shape index (κ3) is 5.68. The number of rotatable bonds is 7. The summed E-state index contributed by atoms with van der Waals surface area (Å²) in [5, 5.41) is 6.85. The molecule has 0 unspecified atom stereocenters. The summed E-state index contributed by atoms with van der Waals surface area (Å²) >= 11 is 0. The van der Waals surface area contributed by atoms with Gasteiger partial charge in [0.2, 0.25) is 11.8 Å². The first-order chi connectivity index (χ1) is 15.6. The Balaban J connectivity index is 1.35. The lowest BCUT2D eigenvalue weighted by Gasteiger charge is -2.19. The van der Waals surface area contributed by atoms with Crippen molar-refractivity contribution in [1.29, 1.82) is 0 Å². The van der Waals surface area contributed by atoms with Gasteiger partial charge < -0.3 is 20.4 Å². The number of carbonyl (C=O) groups excluding carboxylic acids is 2. The first-order valence-corrected chi connectivity index (χ1v) is 11.2. The first-order valence-electron chi connectivity index (χ1n) is 11.2. The molecule has 2 aromatic carbocycles. The second kappa shape index (κ2) is 10.3. The van der Waals surface area contributed by atoms with Crippen LogP contribution in [0.3, 0.4) is 0 Å². The number of hydrogen-bond acceptors (Lipinski definition) is 4. The number of nitrogens with one attached hydrogen (secondary N) is 3. The quantitative estimate of drug-likeness (QED) is 0.521. The fourth-order valence-electron chi connectivity index (χ4n) is 4.18. The number of aromatic nitrogens is 1. The Morgan fingerprint density at radius 3 is 2.41 bits per heavy atom. The Kier molecular flexibility index (Phi) is 7.07. The molecular formula is C25H30N4O3. The normalized spacial score (nSPS) is 14.7. The molecule has 0 spiro atoms. The van der Waals surface area contributed by atoms with Gasteiger partial charge in [0.25, 0.3) is 0 Å². The number of aromatic amines is 1. The summed E-state index contributed by atoms with van der Waals surface area (Å²) in [6, 6.07) is 13.0. The highest BCUT2D eigenvalue weighted by molar-refractivity contribution is 5.97. The summed E-state index contributed by atoms with van der Waals surface area (Å²) in [5.74, 6) is 0.604. The van der Waals surface area contributed by atoms with Crippen molar-refractivity contribution in [3.05, 3.63) is 54.2 Å². The Morgan fingerprint density at radius 2 is 1.69 bits per heavy atom. The number of likely N-dealkylation sites (tertiary alicyclic amines) is 1. The maximum atomic E-state index is 12.7. The van der Waals surface area contributed by atoms with Crippen LogP contribution in [0.2, 0.25) is 0 Å². The van der Waals surface area contributed by atoms with Crippen molar-refractivity contribution in [3.8, 4) is 5.75 Å². The topological polar surface area (TPSA) is 86.5 Å². The van der Waals surface area contributed by atoms with Crippen molar-refractivity contribution < 1.29 is 14.3 Å². The Bertz CT molecular complexity index is 1080. The van der Waals surface area contributed by atoms with Gasteiger partial charge in [0, 0.05) is 28.5 Å². The summed E-state index contributed by atoms with van der Waals surface area (Å²) in [7, 11) is 1.62. The molecule has 2 heterocycles. The minimum atomic E-state index is -0.123. The van der Waals surface area contributed by atoms with Gasteiger partial charge in [0.05, 0.1) is 20.1 Å². The van der Waals surface area contributed by atoms with E-state index < -0.39 is 0 Å². The van der Waals surface area contributed by atoms with Crippen molar-refractivity contribution in [2.75, 3.05) is 37.4 Å². The zero-order chi connectivity index (χ0) is 22.3. The van der Waals surface area contributed by atoms with Gasteiger partial charge in [0.1, 0.15) is 5.75 Å². The number of fused-ring (bicyclic) bond motifs is 1. The number of ether oxygens (including phenoxy) is 1. The Morgan fingerprint density at radius 1 is 0.969 bits per heavy atom. The van der Waals surface area contributed by atoms with E-state index in [0.29, 0.717) is 17.9 Å². The summed E-state index contributed by atoms with van der Waals surface area (Å²) < 4.78 is 5.29. The predicted octanol–water partition coefficient (Wildman–Crippen LogP) is 4.17. The number of carbonyl (C=O) groups is 2. The van der Waals surface area contributed by atoms with Crippen LogP contribution in [0.25, 0.3) is 10.9 Å². The second-order valence-electron chi connectivity index (χ2n) is 8.27. The highest BCUT2D eigenvalue weighted by atomic mass is 16.5. The zero-order valence-corrected chi connectivity index (χ0v) is 18.4. The van der Waals surface area contributed by atoms with Crippen LogP contribution in [-0.4, -0.2) is 48.4 Å². The van der Waals surface area contributed by atoms with Crippen LogP contribution in [0.15, 0.2) is 48.7 Å². The van der Waals surface area contributed by atoms with Gasteiger partial charge in [0.15, 0.2) is 0 Å². The number of methoxy groups -OCH3 is 1. The molecule has 0 aliphatic carbocycles. The van der Waals surface area contributed by atoms with Gasteiger partial charge in [-0.2, -0.15) is 0 Å². The smallest absolute Gasteiger partial charge is 0.238 e. The molecule has 0 bridgehead atoms. The third-order valence-electron chi connectivity index (χ3n) is 5.82. The Labute approximate surface area is 188 Å². The summed E-state index contributed by atoms with van der Waals surface area (Å²) in [4.78, 5) is 30.5. The van der Waals surface area contributed by atoms with E-state index in [2.05, 4.69) is 20.5 Å². The van der Waals surface area contributed by atoms with E-state index in [1.807, 2.05) is 42.6 Å². The van der Waals surface area contributed by atoms with Gasteiger partial charge in [-0.25, -0.2) is 0 Å². The highest BCUT2D eigenvalue weighted by Gasteiger charge is 2.14. The molecule has 168 valence electrons. The van der Waals surface area contributed by atoms with E-state index in [1.165, 1.54) is 12.8 Å². The molecule has 3 aromatic rings. The standard InChI is InChI=1S/C25H30N4O3/c1-32-21-9-10-23-22(15-21)18(16-26-23)13-24(30)27-19-7-6-8-20(14-19)28-25(31)17-29-11-4-2-3-5-12-29/h6-10,14-16,26H,2-5,11-13,17H2,1H3,(H,27,30)(H,28,31). The molecule has 32 heavy (non-hydrogen) atoms. The van der Waals surface area contributed by atoms with Crippen LogP contribution >= 0.6 is 0 Å². The van der Waals surface area contributed by atoms with Gasteiger partial charge in [-0.15, -0.1) is 0 Å². The lowest BCUT2D eigenvalue weighted by atomic mass is 10.1. The molecular weight excluding hydrogens is 404 g/mol. The van der Waals surface area contributed by atoms with E-state index in [9.17, 15) is 9.59 Å². The molecule has 2 amide bonds. The molecule has 7 nitrogen and oxygen atoms in total. The van der Waals surface area contributed by atoms with Crippen LogP contribution in [0, 0.1) is 0 Å². The molecule has 1 aromatic heterocycles. The number of H-pyrrole nitrogens is 1. The second-order valence-corrected chi connectivity index (χ2v) is 8.27. The van der Waals surface area contributed by atoms with Crippen LogP contribution < -0.4 is 15.4 Å². The van der Waals surface area contributed by atoms with E-state index in [1.54, 1.807) is 13.2 Å². The van der Waals surface area contributed by atoms with Crippen molar-refractivity contribution >= 4 is 34.1 Å². The van der Waals surface area contributed by atoms with Crippen molar-refractivity contribution in [1.82, 2.24) is 9.88 Å². The van der Waals surface area contributed by atoms with Crippen LogP contribution in [0.1, 0.15) is 31.2 Å². The van der Waals surface area contributed by atoms with E-state index >= 15 is 0 Å². The summed E-state index contributed by atoms with van der Waals surface area (Å²) in [6.45, 7) is 2.35. The molecule has 0 radical (unpaired) electrons. The number of amides is 2. The molecule has 7 heteroatoms. The van der Waals surface area contributed by atoms with Crippen LogP contribution in [0.4, 0.5) is 11.4 Å². The number of nitrogens with zero attached hydrogens (tertiary/aromatic N) is 1. The summed E-state index contributed by atoms with van der Waals surface area (Å²) in [5.41, 5.74) is 3.19. The largest absolute Gasteiger partial charge is 0.497 e. The molecule has 3 N–H and O–H groups in total. The molecule has 4 rings (SSSR count). The maximum absolute atomic E-state index is 12.7. The van der Waals surface area contributed by atoms with Crippen molar-refractivity contribution in [3.63, 3.8) is 0 Å². The van der Waals surface area contributed by atoms with Gasteiger partial charge in [-0.3, -0.25) is 14.5 Å². The average Bonchev–Trinajstić information content (AvgIpc) is 2.99. The maximum Gasteiger partial charge on any atom is 0.238 e. The fourth-order valence-corrected chi connectivity index (χ4v) is 4.18. The fraction of sp³-hybridized carbons (Fsp3) is 0.360. The molecule has 1 saturated heterocycles. The average molecular weight is 435 g/mol. The van der Waals surface area contributed by atoms with Gasteiger partial charge >= 0.3 is 0 Å². The van der Waals surface area contributed by atoms with Crippen LogP contribution in [0.5, 0.6) is 5.75 Å². The lowest BCUT2D eigenvalue weighted by Crippen LogP contribution is -2.33. The van der Waals surface area contributed by atoms with Gasteiger partial charge in [-0.1, -0.05) is 18.9 Å². The Hall–Kier alpha value is -3.32. The van der Waals surface area contributed by atoms with Crippen molar-refractivity contribution in [2.45, 2.75) is 32.1 Å². The van der Waals surface area contributed by atoms with E-state index in [4.69, 9.17) is 4.74 Å². The number of benzene rings is 2. The number of hydrogen-bond donors (Lipinski definition) is 3. The minimum Gasteiger partial charge on any atom is -0.497 e. The number of anilines is 2. The molecule has 1 aliphatic rings. The monoisotopic (exact) mass is 434 g/mol. The molecule has 0 atom stereocenters. The van der Waals surface area contributed by atoms with E-state index in [-0.39, 0.29) is 18.2 Å². The minimum absolute atomic E-state index is 0.0249. The SMILES string of the molecule is COc1ccc2[nH]cc(CC(=O)Nc3cccc(NC(=O)CN4CCCCCC4)c3)c2c1. The van der Waals surface area contributed by atoms with E-state index in [0.717, 1.165) is 48.1 Å². The van der Waals surface area contributed by atoms with Gasteiger partial charge in [-0.05, 0) is 67.9 Å². The summed E-state index contributed by atoms with van der Waals surface area (Å²) in [6.07, 6.45) is 6.87. The van der Waals surface area contributed by atoms with Crippen molar-refractivity contribution in [2.24, 2.45) is 0 Å². The zero-order valence-electron chi connectivity index (χ0n) is 18.4. The molecule has 1 fully saturated rings. The predicted molar refractivity (Wildman–Crippen MR) is 127 cm³/mol. The van der Waals surface area contributed by atoms with Crippen LogP contribution in [-0.2, 0) is 16.0 Å².